The molecule has 27 heavy (non-hydrogen) atoms. The number of benzene rings is 1. The lowest BCUT2D eigenvalue weighted by Crippen LogP contribution is -2.52. The Balaban J connectivity index is 2.31. The molecule has 1 aromatic carbocycles. The predicted octanol–water partition coefficient (Wildman–Crippen LogP) is 3.99. The summed E-state index contributed by atoms with van der Waals surface area (Å²) < 4.78 is 41.1. The molecule has 1 unspecified atom stereocenters. The molecule has 1 heterocycles. The van der Waals surface area contributed by atoms with Crippen LogP contribution < -0.4 is 5.32 Å². The molecule has 0 bridgehead atoms. The van der Waals surface area contributed by atoms with E-state index in [1.54, 1.807) is 18.2 Å². The number of esters is 1. The van der Waals surface area contributed by atoms with E-state index in [1.807, 2.05) is 0 Å². The lowest BCUT2D eigenvalue weighted by molar-refractivity contribution is -0.144. The average Bonchev–Trinajstić information content (AvgIpc) is 2.62. The van der Waals surface area contributed by atoms with E-state index in [-0.39, 0.29) is 22.7 Å². The number of alkyl halides is 4. The van der Waals surface area contributed by atoms with E-state index in [1.165, 1.54) is 12.1 Å². The van der Waals surface area contributed by atoms with Crippen LogP contribution in [0, 0.1) is 0 Å². The first-order valence-electron chi connectivity index (χ1n) is 7.43. The number of methoxy groups -OCH3 is 1. The summed E-state index contributed by atoms with van der Waals surface area (Å²) >= 11 is 9.01. The van der Waals surface area contributed by atoms with Crippen LogP contribution in [0.4, 0.5) is 13.2 Å². The van der Waals surface area contributed by atoms with Gasteiger partial charge in [-0.15, -0.1) is 0 Å². The van der Waals surface area contributed by atoms with Gasteiger partial charge in [0.2, 0.25) is 0 Å². The Morgan fingerprint density at radius 3 is 2.41 bits per heavy atom. The molecule has 0 saturated carbocycles. The predicted molar refractivity (Wildman–Crippen MR) is 95.5 cm³/mol. The smallest absolute Gasteiger partial charge is 0.417 e. The highest BCUT2D eigenvalue weighted by molar-refractivity contribution is 9.10. The number of carbonyl (C=O) groups excluding carboxylic acids is 2. The number of nitrogens with one attached hydrogen (secondary N) is 1. The van der Waals surface area contributed by atoms with Gasteiger partial charge in [-0.05, 0) is 34.1 Å². The van der Waals surface area contributed by atoms with Gasteiger partial charge >= 0.3 is 12.1 Å². The zero-order chi connectivity index (χ0) is 20.2. The topological polar surface area (TPSA) is 68.3 Å². The van der Waals surface area contributed by atoms with E-state index in [0.29, 0.717) is 12.3 Å². The highest BCUT2D eigenvalue weighted by Gasteiger charge is 2.40. The molecule has 0 radical (unpaired) electrons. The van der Waals surface area contributed by atoms with E-state index in [9.17, 15) is 22.8 Å². The lowest BCUT2D eigenvalue weighted by Gasteiger charge is -2.26. The average molecular weight is 466 g/mol. The Bertz CT molecular complexity index is 849. The second-order valence-corrected chi connectivity index (χ2v) is 7.20. The second kappa shape index (κ2) is 8.26. The minimum Gasteiger partial charge on any atom is -0.467 e. The molecule has 5 nitrogen and oxygen atoms in total. The molecule has 2 rings (SSSR count). The standard InChI is InChI=1S/C17H13BrClF3N2O3/c1-27-15(26)16(18,24-14(25)10-5-3-2-4-6-10)8-13-12(19)7-11(9-23-13)17(20,21)22/h2-7,9H,8H2,1H3,(H,24,25). The first-order valence-corrected chi connectivity index (χ1v) is 8.60. The van der Waals surface area contributed by atoms with Crippen LogP contribution in [0.15, 0.2) is 42.6 Å². The normalized spacial score (nSPS) is 13.6. The number of hydrogen-bond acceptors (Lipinski definition) is 4. The van der Waals surface area contributed by atoms with Crippen LogP contribution in [0.2, 0.25) is 5.02 Å². The van der Waals surface area contributed by atoms with Crippen LogP contribution in [-0.2, 0) is 22.1 Å². The van der Waals surface area contributed by atoms with Gasteiger partial charge in [0.25, 0.3) is 5.91 Å². The number of ether oxygens (including phenoxy) is 1. The maximum Gasteiger partial charge on any atom is 0.417 e. The van der Waals surface area contributed by atoms with Crippen LogP contribution in [-0.4, -0.2) is 28.4 Å². The molecule has 144 valence electrons. The van der Waals surface area contributed by atoms with Gasteiger partial charge in [0.1, 0.15) is 0 Å². The van der Waals surface area contributed by atoms with Crippen molar-refractivity contribution in [1.82, 2.24) is 10.3 Å². The number of carbonyl (C=O) groups is 2. The SMILES string of the molecule is COC(=O)C(Br)(Cc1ncc(C(F)(F)F)cc1Cl)NC(=O)c1ccccc1. The molecule has 0 fully saturated rings. The second-order valence-electron chi connectivity index (χ2n) is 5.44. The van der Waals surface area contributed by atoms with E-state index >= 15 is 0 Å². The van der Waals surface area contributed by atoms with Crippen molar-refractivity contribution in [3.63, 3.8) is 0 Å². The molecule has 0 aliphatic carbocycles. The number of amides is 1. The molecule has 1 atom stereocenters. The minimum absolute atomic E-state index is 0.0275. The van der Waals surface area contributed by atoms with Crippen LogP contribution in [0.1, 0.15) is 21.6 Å². The molecule has 1 amide bonds. The zero-order valence-corrected chi connectivity index (χ0v) is 16.2. The van der Waals surface area contributed by atoms with Crippen molar-refractivity contribution in [2.75, 3.05) is 7.11 Å². The third-order valence-electron chi connectivity index (χ3n) is 3.51. The van der Waals surface area contributed by atoms with Gasteiger partial charge in [-0.25, -0.2) is 4.79 Å². The fourth-order valence-electron chi connectivity index (χ4n) is 2.15. The van der Waals surface area contributed by atoms with E-state index in [4.69, 9.17) is 16.3 Å². The summed E-state index contributed by atoms with van der Waals surface area (Å²) in [5, 5.41) is 2.16. The minimum atomic E-state index is -4.61. The highest BCUT2D eigenvalue weighted by Crippen LogP contribution is 2.33. The Labute approximate surface area is 166 Å². The van der Waals surface area contributed by atoms with Crippen LogP contribution in [0.3, 0.4) is 0 Å². The van der Waals surface area contributed by atoms with Crippen LogP contribution >= 0.6 is 27.5 Å². The Hall–Kier alpha value is -2.13. The number of halogens is 5. The van der Waals surface area contributed by atoms with Gasteiger partial charge in [0.05, 0.1) is 23.4 Å². The molecule has 2 aromatic rings. The van der Waals surface area contributed by atoms with Gasteiger partial charge in [-0.3, -0.25) is 9.78 Å². The first-order chi connectivity index (χ1) is 12.6. The van der Waals surface area contributed by atoms with Crippen molar-refractivity contribution < 1.29 is 27.5 Å². The monoisotopic (exact) mass is 464 g/mol. The molecule has 10 heteroatoms. The van der Waals surface area contributed by atoms with E-state index in [2.05, 4.69) is 26.2 Å². The molecule has 0 spiro atoms. The maximum absolute atomic E-state index is 12.7. The van der Waals surface area contributed by atoms with Gasteiger partial charge in [0, 0.05) is 18.2 Å². The van der Waals surface area contributed by atoms with E-state index in [0.717, 1.165) is 7.11 Å². The first kappa shape index (κ1) is 21.2. The van der Waals surface area contributed by atoms with Crippen molar-refractivity contribution in [3.05, 3.63) is 64.4 Å². The largest absolute Gasteiger partial charge is 0.467 e. The summed E-state index contributed by atoms with van der Waals surface area (Å²) in [7, 11) is 1.11. The van der Waals surface area contributed by atoms with Crippen molar-refractivity contribution in [2.24, 2.45) is 0 Å². The molecule has 1 N–H and O–H groups in total. The summed E-state index contributed by atoms with van der Waals surface area (Å²) in [4.78, 5) is 28.3. The van der Waals surface area contributed by atoms with Crippen LogP contribution in [0.5, 0.6) is 0 Å². The quantitative estimate of drug-likeness (QED) is 0.412. The third kappa shape index (κ3) is 5.20. The zero-order valence-electron chi connectivity index (χ0n) is 13.8. The summed E-state index contributed by atoms with van der Waals surface area (Å²) in [6.45, 7) is 0. The number of nitrogens with zero attached hydrogens (tertiary/aromatic N) is 1. The van der Waals surface area contributed by atoms with Gasteiger partial charge in [-0.2, -0.15) is 13.2 Å². The summed E-state index contributed by atoms with van der Waals surface area (Å²) in [5.41, 5.74) is -0.778. The molecular formula is C17H13BrClF3N2O3. The fourth-order valence-corrected chi connectivity index (χ4v) is 2.99. The lowest BCUT2D eigenvalue weighted by atomic mass is 10.1. The molecular weight excluding hydrogens is 453 g/mol. The maximum atomic E-state index is 12.7. The van der Waals surface area contributed by atoms with Gasteiger partial charge in [0.15, 0.2) is 4.45 Å². The molecule has 0 aliphatic rings. The number of hydrogen-bond donors (Lipinski definition) is 1. The highest BCUT2D eigenvalue weighted by atomic mass is 79.9. The van der Waals surface area contributed by atoms with Crippen molar-refractivity contribution in [2.45, 2.75) is 17.0 Å². The van der Waals surface area contributed by atoms with Gasteiger partial charge < -0.3 is 10.1 Å². The summed E-state index contributed by atoms with van der Waals surface area (Å²) in [6.07, 6.45) is -4.34. The molecule has 0 saturated heterocycles. The number of aromatic nitrogens is 1. The summed E-state index contributed by atoms with van der Waals surface area (Å²) in [6, 6.07) is 8.75. The number of pyridine rings is 1. The van der Waals surface area contributed by atoms with Crippen molar-refractivity contribution >= 4 is 39.4 Å². The Morgan fingerprint density at radius 2 is 1.89 bits per heavy atom. The van der Waals surface area contributed by atoms with Crippen molar-refractivity contribution in [3.8, 4) is 0 Å². The van der Waals surface area contributed by atoms with E-state index < -0.39 is 28.1 Å². The van der Waals surface area contributed by atoms with Gasteiger partial charge in [-0.1, -0.05) is 29.8 Å². The Kier molecular flexibility index (Phi) is 6.48. The van der Waals surface area contributed by atoms with Crippen molar-refractivity contribution in [1.29, 1.82) is 0 Å². The number of rotatable bonds is 5. The third-order valence-corrected chi connectivity index (χ3v) is 4.64. The molecule has 0 aliphatic heterocycles. The molecule has 1 aromatic heterocycles. The van der Waals surface area contributed by atoms with Crippen LogP contribution in [0.25, 0.3) is 0 Å². The fraction of sp³-hybridized carbons (Fsp3) is 0.235. The summed E-state index contributed by atoms with van der Waals surface area (Å²) in [5.74, 6) is -1.47. The Morgan fingerprint density at radius 1 is 1.26 bits per heavy atom.